The number of aryl methyl sites for hydroxylation is 2. The summed E-state index contributed by atoms with van der Waals surface area (Å²) in [5.41, 5.74) is 1.11. The van der Waals surface area contributed by atoms with E-state index in [1.165, 1.54) is 42.7 Å². The second-order valence-electron chi connectivity index (χ2n) is 6.75. The van der Waals surface area contributed by atoms with Gasteiger partial charge in [0.2, 0.25) is 0 Å². The molecule has 1 aliphatic rings. The van der Waals surface area contributed by atoms with Crippen molar-refractivity contribution in [3.8, 4) is 11.5 Å². The van der Waals surface area contributed by atoms with E-state index < -0.39 is 17.8 Å². The number of carbonyl (C=O) groups is 3. The minimum atomic E-state index is -3.00. The number of hydrogen-bond acceptors (Lipinski definition) is 8. The van der Waals surface area contributed by atoms with E-state index in [0.717, 1.165) is 28.1 Å². The number of halogens is 2. The Morgan fingerprint density at radius 1 is 1.30 bits per heavy atom. The number of hydrogen-bond donors (Lipinski definition) is 1. The number of methoxy groups -OCH3 is 1. The molecule has 12 heteroatoms. The van der Waals surface area contributed by atoms with Gasteiger partial charge >= 0.3 is 6.61 Å². The zero-order chi connectivity index (χ0) is 24.1. The normalized spacial score (nSPS) is 15.0. The lowest BCUT2D eigenvalue weighted by Crippen LogP contribution is -2.37. The molecule has 0 aliphatic carbocycles. The lowest BCUT2D eigenvalue weighted by Gasteiger charge is -2.13. The molecule has 1 aromatic carbocycles. The fraction of sp³-hybridized carbons (Fsp3) is 0.333. The number of alkyl halides is 2. The summed E-state index contributed by atoms with van der Waals surface area (Å²) in [6.07, 6.45) is 2.20. The maximum atomic E-state index is 12.7. The number of aromatic nitrogens is 1. The van der Waals surface area contributed by atoms with Gasteiger partial charge in [0.25, 0.3) is 17.1 Å². The fourth-order valence-corrected chi connectivity index (χ4v) is 4.77. The van der Waals surface area contributed by atoms with Crippen molar-refractivity contribution in [2.24, 2.45) is 0 Å². The number of ether oxygens (including phenoxy) is 2. The minimum Gasteiger partial charge on any atom is -0.493 e. The first-order valence-electron chi connectivity index (χ1n) is 9.86. The summed E-state index contributed by atoms with van der Waals surface area (Å²) in [5, 5.41) is 3.11. The van der Waals surface area contributed by atoms with E-state index >= 15 is 0 Å². The molecule has 0 atom stereocenters. The standard InChI is InChI=1S/C21H21F2N3O5S2/c1-4-16-25-11(2)17(33-16)18(27)24-7-8-26-19(28)15(32-21(26)29)10-12-5-6-13(31-20(22)23)14(9-12)30-3/h5-6,9-10,20H,4,7-8H2,1-3H3,(H,24,27)/b15-10+. The third-order valence-electron chi connectivity index (χ3n) is 4.55. The van der Waals surface area contributed by atoms with Crippen molar-refractivity contribution in [1.29, 1.82) is 0 Å². The summed E-state index contributed by atoms with van der Waals surface area (Å²) >= 11 is 2.07. The van der Waals surface area contributed by atoms with Gasteiger partial charge in [0.05, 0.1) is 22.7 Å². The van der Waals surface area contributed by atoms with Crippen molar-refractivity contribution in [3.05, 3.63) is 44.2 Å². The van der Waals surface area contributed by atoms with Gasteiger partial charge in [-0.2, -0.15) is 8.78 Å². The Kier molecular flexibility index (Phi) is 8.03. The number of thiazole rings is 1. The molecule has 2 heterocycles. The van der Waals surface area contributed by atoms with E-state index in [1.54, 1.807) is 6.92 Å². The van der Waals surface area contributed by atoms with Gasteiger partial charge in [-0.25, -0.2) is 4.98 Å². The van der Waals surface area contributed by atoms with Crippen LogP contribution in [-0.4, -0.2) is 53.7 Å². The van der Waals surface area contributed by atoms with Gasteiger partial charge in [-0.3, -0.25) is 19.3 Å². The SMILES string of the molecule is CCc1nc(C)c(C(=O)NCCN2C(=O)S/C(=C/c3ccc(OC(F)F)c(OC)c3)C2=O)s1. The van der Waals surface area contributed by atoms with Crippen molar-refractivity contribution >= 4 is 46.2 Å². The monoisotopic (exact) mass is 497 g/mol. The molecule has 0 saturated carbocycles. The lowest BCUT2D eigenvalue weighted by molar-refractivity contribution is -0.122. The van der Waals surface area contributed by atoms with Gasteiger partial charge in [0.1, 0.15) is 4.88 Å². The van der Waals surface area contributed by atoms with Crippen LogP contribution in [0.2, 0.25) is 0 Å². The molecule has 3 rings (SSSR count). The van der Waals surface area contributed by atoms with Crippen molar-refractivity contribution in [1.82, 2.24) is 15.2 Å². The molecule has 1 saturated heterocycles. The second kappa shape index (κ2) is 10.8. The molecule has 1 aromatic heterocycles. The molecule has 1 fully saturated rings. The van der Waals surface area contributed by atoms with Crippen LogP contribution in [0.4, 0.5) is 13.6 Å². The molecular formula is C21H21F2N3O5S2. The average molecular weight is 498 g/mol. The maximum Gasteiger partial charge on any atom is 0.387 e. The lowest BCUT2D eigenvalue weighted by atomic mass is 10.2. The van der Waals surface area contributed by atoms with Gasteiger partial charge in [0, 0.05) is 13.1 Å². The third-order valence-corrected chi connectivity index (χ3v) is 6.75. The van der Waals surface area contributed by atoms with Gasteiger partial charge in [-0.15, -0.1) is 11.3 Å². The van der Waals surface area contributed by atoms with Crippen molar-refractivity contribution in [2.75, 3.05) is 20.2 Å². The Morgan fingerprint density at radius 2 is 2.06 bits per heavy atom. The summed E-state index contributed by atoms with van der Waals surface area (Å²) in [4.78, 5) is 43.4. The van der Waals surface area contributed by atoms with Crippen LogP contribution in [0.15, 0.2) is 23.1 Å². The van der Waals surface area contributed by atoms with Gasteiger partial charge in [0.15, 0.2) is 11.5 Å². The van der Waals surface area contributed by atoms with Crippen LogP contribution < -0.4 is 14.8 Å². The number of carbonyl (C=O) groups excluding carboxylic acids is 3. The highest BCUT2D eigenvalue weighted by atomic mass is 32.2. The topological polar surface area (TPSA) is 97.8 Å². The van der Waals surface area contributed by atoms with E-state index in [-0.39, 0.29) is 35.4 Å². The highest BCUT2D eigenvalue weighted by Gasteiger charge is 2.34. The zero-order valence-electron chi connectivity index (χ0n) is 18.0. The van der Waals surface area contributed by atoms with E-state index in [1.807, 2.05) is 6.92 Å². The van der Waals surface area contributed by atoms with E-state index in [9.17, 15) is 23.2 Å². The summed E-state index contributed by atoms with van der Waals surface area (Å²) in [5.74, 6) is -0.884. The van der Waals surface area contributed by atoms with Crippen LogP contribution in [0.5, 0.6) is 11.5 Å². The van der Waals surface area contributed by atoms with E-state index in [2.05, 4.69) is 15.0 Å². The molecule has 0 radical (unpaired) electrons. The number of imide groups is 1. The van der Waals surface area contributed by atoms with Crippen LogP contribution >= 0.6 is 23.1 Å². The highest BCUT2D eigenvalue weighted by molar-refractivity contribution is 8.18. The Labute approximate surface area is 197 Å². The van der Waals surface area contributed by atoms with Crippen LogP contribution in [0.3, 0.4) is 0 Å². The van der Waals surface area contributed by atoms with Crippen molar-refractivity contribution < 1.29 is 32.6 Å². The summed E-state index contributed by atoms with van der Waals surface area (Å²) < 4.78 is 34.4. The number of thioether (sulfide) groups is 1. The summed E-state index contributed by atoms with van der Waals surface area (Å²) in [6.45, 7) is 0.810. The predicted molar refractivity (Wildman–Crippen MR) is 121 cm³/mol. The van der Waals surface area contributed by atoms with Crippen LogP contribution in [0.1, 0.15) is 32.9 Å². The molecule has 0 bridgehead atoms. The molecule has 8 nitrogen and oxygen atoms in total. The van der Waals surface area contributed by atoms with Crippen LogP contribution in [0, 0.1) is 6.92 Å². The summed E-state index contributed by atoms with van der Waals surface area (Å²) in [7, 11) is 1.30. The molecule has 0 unspecified atom stereocenters. The van der Waals surface area contributed by atoms with Gasteiger partial charge in [-0.1, -0.05) is 13.0 Å². The first-order valence-corrected chi connectivity index (χ1v) is 11.5. The maximum absolute atomic E-state index is 12.7. The molecule has 176 valence electrons. The predicted octanol–water partition coefficient (Wildman–Crippen LogP) is 4.09. The summed E-state index contributed by atoms with van der Waals surface area (Å²) in [6, 6.07) is 4.19. The molecule has 33 heavy (non-hydrogen) atoms. The molecule has 2 aromatic rings. The molecule has 1 aliphatic heterocycles. The smallest absolute Gasteiger partial charge is 0.387 e. The molecule has 3 amide bonds. The van der Waals surface area contributed by atoms with E-state index in [0.29, 0.717) is 16.1 Å². The highest BCUT2D eigenvalue weighted by Crippen LogP contribution is 2.34. The van der Waals surface area contributed by atoms with Crippen LogP contribution in [0.25, 0.3) is 6.08 Å². The average Bonchev–Trinajstić information content (AvgIpc) is 3.28. The molecule has 0 spiro atoms. The quantitative estimate of drug-likeness (QED) is 0.521. The van der Waals surface area contributed by atoms with Crippen LogP contribution in [-0.2, 0) is 11.2 Å². The number of rotatable bonds is 9. The molecular weight excluding hydrogens is 476 g/mol. The first kappa shape index (κ1) is 24.6. The first-order chi connectivity index (χ1) is 15.7. The fourth-order valence-electron chi connectivity index (χ4n) is 2.99. The van der Waals surface area contributed by atoms with Gasteiger partial charge in [-0.05, 0) is 48.9 Å². The van der Waals surface area contributed by atoms with Crippen molar-refractivity contribution in [3.63, 3.8) is 0 Å². The number of benzene rings is 1. The van der Waals surface area contributed by atoms with Crippen molar-refractivity contribution in [2.45, 2.75) is 26.9 Å². The zero-order valence-corrected chi connectivity index (χ0v) is 19.6. The van der Waals surface area contributed by atoms with E-state index in [4.69, 9.17) is 4.74 Å². The number of amides is 3. The Morgan fingerprint density at radius 3 is 2.70 bits per heavy atom. The minimum absolute atomic E-state index is 0.0106. The number of nitrogens with one attached hydrogen (secondary N) is 1. The second-order valence-corrected chi connectivity index (χ2v) is 8.83. The third kappa shape index (κ3) is 5.88. The Hall–Kier alpha value is -2.99. The number of nitrogens with zero attached hydrogens (tertiary/aromatic N) is 2. The largest absolute Gasteiger partial charge is 0.493 e. The molecule has 1 N–H and O–H groups in total. The van der Waals surface area contributed by atoms with Gasteiger partial charge < -0.3 is 14.8 Å². The Balaban J connectivity index is 1.63. The Bertz CT molecular complexity index is 1100.